The van der Waals surface area contributed by atoms with Crippen molar-refractivity contribution in [3.63, 3.8) is 0 Å². The van der Waals surface area contributed by atoms with Crippen molar-refractivity contribution in [2.75, 3.05) is 5.73 Å². The summed E-state index contributed by atoms with van der Waals surface area (Å²) in [5.41, 5.74) is 8.88. The molecule has 4 aromatic carbocycles. The minimum Gasteiger partial charge on any atom is -0.457 e. The van der Waals surface area contributed by atoms with Gasteiger partial charge in [0.15, 0.2) is 0 Å². The molecular weight excluding hydrogens is 382 g/mol. The normalized spacial score (nSPS) is 10.2. The molecule has 0 aliphatic heterocycles. The Kier molecular flexibility index (Phi) is 7.72. The summed E-state index contributed by atoms with van der Waals surface area (Å²) >= 11 is 0. The molecule has 0 spiro atoms. The van der Waals surface area contributed by atoms with Crippen molar-refractivity contribution in [1.29, 1.82) is 0 Å². The van der Waals surface area contributed by atoms with Gasteiger partial charge in [-0.3, -0.25) is 0 Å². The summed E-state index contributed by atoms with van der Waals surface area (Å²) in [4.78, 5) is 0. The molecule has 3 heteroatoms. The summed E-state index contributed by atoms with van der Waals surface area (Å²) in [5.74, 6) is 3.96. The largest absolute Gasteiger partial charge is 0.457 e. The molecule has 0 aliphatic carbocycles. The van der Waals surface area contributed by atoms with E-state index in [0.717, 1.165) is 28.7 Å². The first kappa shape index (κ1) is 22.0. The SMILES string of the molecule is CC(C)c1ccc(Oc2ccccc2)cc1.Cc1ccc(Oc2ccc(N)cc2)cc1. The Hall–Kier alpha value is -3.72. The lowest BCUT2D eigenvalue weighted by molar-refractivity contribution is 0.482. The van der Waals surface area contributed by atoms with Gasteiger partial charge in [0, 0.05) is 5.69 Å². The number of hydrogen-bond acceptors (Lipinski definition) is 3. The third-order valence-electron chi connectivity index (χ3n) is 4.66. The maximum Gasteiger partial charge on any atom is 0.127 e. The van der Waals surface area contributed by atoms with E-state index in [9.17, 15) is 0 Å². The van der Waals surface area contributed by atoms with Crippen molar-refractivity contribution in [2.24, 2.45) is 0 Å². The van der Waals surface area contributed by atoms with Crippen LogP contribution < -0.4 is 15.2 Å². The fourth-order valence-corrected chi connectivity index (χ4v) is 2.82. The van der Waals surface area contributed by atoms with E-state index in [1.807, 2.05) is 97.9 Å². The topological polar surface area (TPSA) is 44.5 Å². The number of hydrogen-bond donors (Lipinski definition) is 1. The number of ether oxygens (including phenoxy) is 2. The van der Waals surface area contributed by atoms with Gasteiger partial charge in [-0.25, -0.2) is 0 Å². The van der Waals surface area contributed by atoms with Crippen LogP contribution >= 0.6 is 0 Å². The van der Waals surface area contributed by atoms with Crippen LogP contribution in [0.3, 0.4) is 0 Å². The predicted octanol–water partition coefficient (Wildman–Crippen LogP) is 7.97. The maximum absolute atomic E-state index is 5.71. The molecule has 0 radical (unpaired) electrons. The monoisotopic (exact) mass is 411 g/mol. The van der Waals surface area contributed by atoms with Crippen molar-refractivity contribution >= 4 is 5.69 Å². The fraction of sp³-hybridized carbons (Fsp3) is 0.143. The summed E-state index contributed by atoms with van der Waals surface area (Å²) in [7, 11) is 0. The maximum atomic E-state index is 5.71. The van der Waals surface area contributed by atoms with Crippen LogP contribution in [-0.2, 0) is 0 Å². The highest BCUT2D eigenvalue weighted by molar-refractivity contribution is 5.43. The van der Waals surface area contributed by atoms with Crippen molar-refractivity contribution in [3.05, 3.63) is 114 Å². The average Bonchev–Trinajstić information content (AvgIpc) is 2.78. The number of para-hydroxylation sites is 1. The zero-order valence-electron chi connectivity index (χ0n) is 18.3. The molecule has 0 heterocycles. The Bertz CT molecular complexity index is 995. The standard InChI is InChI=1S/C15H16O.C13H13NO/c1-12(2)13-8-10-15(11-9-13)16-14-6-4-3-5-7-14;1-10-2-6-12(7-3-10)15-13-8-4-11(14)5-9-13/h3-12H,1-2H3;2-9H,14H2,1H3. The highest BCUT2D eigenvalue weighted by atomic mass is 16.5. The van der Waals surface area contributed by atoms with E-state index in [1.54, 1.807) is 0 Å². The molecule has 0 amide bonds. The second-order valence-electron chi connectivity index (χ2n) is 7.62. The summed E-state index contributed by atoms with van der Waals surface area (Å²) in [5, 5.41) is 0. The van der Waals surface area contributed by atoms with E-state index in [0.29, 0.717) is 5.92 Å². The molecular formula is C28H29NO2. The molecule has 0 aliphatic rings. The Morgan fingerprint density at radius 1 is 0.548 bits per heavy atom. The average molecular weight is 412 g/mol. The van der Waals surface area contributed by atoms with E-state index in [1.165, 1.54) is 11.1 Å². The number of benzene rings is 4. The third kappa shape index (κ3) is 7.23. The molecule has 0 aromatic heterocycles. The van der Waals surface area contributed by atoms with Gasteiger partial charge in [-0.05, 0) is 79.1 Å². The van der Waals surface area contributed by atoms with Crippen LogP contribution in [-0.4, -0.2) is 0 Å². The van der Waals surface area contributed by atoms with Crippen LogP contribution in [0.5, 0.6) is 23.0 Å². The lowest BCUT2D eigenvalue weighted by Gasteiger charge is -2.08. The smallest absolute Gasteiger partial charge is 0.127 e. The van der Waals surface area contributed by atoms with Crippen LogP contribution in [0, 0.1) is 6.92 Å². The molecule has 0 fully saturated rings. The summed E-state index contributed by atoms with van der Waals surface area (Å²) < 4.78 is 11.3. The second kappa shape index (κ2) is 10.9. The zero-order valence-corrected chi connectivity index (χ0v) is 18.3. The molecule has 0 saturated carbocycles. The Balaban J connectivity index is 0.000000176. The molecule has 4 rings (SSSR count). The minimum atomic E-state index is 0.561. The lowest BCUT2D eigenvalue weighted by Crippen LogP contribution is -1.88. The highest BCUT2D eigenvalue weighted by Crippen LogP contribution is 2.24. The van der Waals surface area contributed by atoms with Gasteiger partial charge in [-0.2, -0.15) is 0 Å². The molecule has 3 nitrogen and oxygen atoms in total. The van der Waals surface area contributed by atoms with Gasteiger partial charge in [0.2, 0.25) is 0 Å². The molecule has 2 N–H and O–H groups in total. The Labute approximate surface area is 185 Å². The number of rotatable bonds is 5. The summed E-state index contributed by atoms with van der Waals surface area (Å²) in [6, 6.07) is 33.4. The lowest BCUT2D eigenvalue weighted by atomic mass is 10.0. The van der Waals surface area contributed by atoms with Gasteiger partial charge < -0.3 is 15.2 Å². The van der Waals surface area contributed by atoms with Crippen LogP contribution in [0.15, 0.2) is 103 Å². The van der Waals surface area contributed by atoms with E-state index >= 15 is 0 Å². The van der Waals surface area contributed by atoms with Crippen molar-refractivity contribution in [1.82, 2.24) is 0 Å². The summed E-state index contributed by atoms with van der Waals surface area (Å²) in [6.07, 6.45) is 0. The van der Waals surface area contributed by atoms with E-state index < -0.39 is 0 Å². The van der Waals surface area contributed by atoms with Crippen LogP contribution in [0.2, 0.25) is 0 Å². The van der Waals surface area contributed by atoms with Gasteiger partial charge in [0.1, 0.15) is 23.0 Å². The molecule has 31 heavy (non-hydrogen) atoms. The molecule has 0 saturated heterocycles. The second-order valence-corrected chi connectivity index (χ2v) is 7.62. The Morgan fingerprint density at radius 2 is 0.968 bits per heavy atom. The van der Waals surface area contributed by atoms with Crippen LogP contribution in [0.4, 0.5) is 5.69 Å². The predicted molar refractivity (Wildman–Crippen MR) is 129 cm³/mol. The number of nitrogens with two attached hydrogens (primary N) is 1. The van der Waals surface area contributed by atoms with Gasteiger partial charge in [-0.15, -0.1) is 0 Å². The number of anilines is 1. The molecule has 0 bridgehead atoms. The molecule has 158 valence electrons. The number of nitrogen functional groups attached to an aromatic ring is 1. The van der Waals surface area contributed by atoms with Gasteiger partial charge in [0.25, 0.3) is 0 Å². The fourth-order valence-electron chi connectivity index (χ4n) is 2.82. The van der Waals surface area contributed by atoms with E-state index in [4.69, 9.17) is 15.2 Å². The summed E-state index contributed by atoms with van der Waals surface area (Å²) in [6.45, 7) is 6.42. The molecule has 0 atom stereocenters. The minimum absolute atomic E-state index is 0.561. The first-order valence-corrected chi connectivity index (χ1v) is 10.4. The first-order chi connectivity index (χ1) is 15.0. The third-order valence-corrected chi connectivity index (χ3v) is 4.66. The number of aryl methyl sites for hydroxylation is 1. The van der Waals surface area contributed by atoms with E-state index in [-0.39, 0.29) is 0 Å². The zero-order chi connectivity index (χ0) is 22.1. The van der Waals surface area contributed by atoms with Crippen molar-refractivity contribution in [2.45, 2.75) is 26.7 Å². The van der Waals surface area contributed by atoms with E-state index in [2.05, 4.69) is 26.0 Å². The quantitative estimate of drug-likeness (QED) is 0.339. The Morgan fingerprint density at radius 3 is 1.45 bits per heavy atom. The van der Waals surface area contributed by atoms with Gasteiger partial charge in [0.05, 0.1) is 0 Å². The molecule has 0 unspecified atom stereocenters. The van der Waals surface area contributed by atoms with Gasteiger partial charge >= 0.3 is 0 Å². The highest BCUT2D eigenvalue weighted by Gasteiger charge is 2.00. The van der Waals surface area contributed by atoms with Crippen LogP contribution in [0.25, 0.3) is 0 Å². The molecule has 4 aromatic rings. The van der Waals surface area contributed by atoms with Gasteiger partial charge in [-0.1, -0.05) is 61.9 Å². The van der Waals surface area contributed by atoms with Crippen molar-refractivity contribution in [3.8, 4) is 23.0 Å². The van der Waals surface area contributed by atoms with Crippen LogP contribution in [0.1, 0.15) is 30.9 Å². The first-order valence-electron chi connectivity index (χ1n) is 10.4. The van der Waals surface area contributed by atoms with Crippen molar-refractivity contribution < 1.29 is 9.47 Å².